The molecule has 41 nitrogen and oxygen atoms in total. The van der Waals surface area contributed by atoms with Gasteiger partial charge in [-0.05, 0) is 87.2 Å². The van der Waals surface area contributed by atoms with E-state index in [4.69, 9.17) is 22.6 Å². The molecule has 22 N–H and O–H groups in total. The van der Waals surface area contributed by atoms with Crippen molar-refractivity contribution < 1.29 is 81.8 Å². The van der Waals surface area contributed by atoms with Crippen LogP contribution in [0.25, 0.3) is 21.8 Å². The van der Waals surface area contributed by atoms with Crippen molar-refractivity contribution in [2.24, 2.45) is 23.1 Å². The summed E-state index contributed by atoms with van der Waals surface area (Å²) in [6, 6.07) is 6.63. The molecule has 6 aromatic rings. The van der Waals surface area contributed by atoms with E-state index in [0.29, 0.717) is 83.0 Å². The lowest BCUT2D eigenvalue weighted by Crippen LogP contribution is -2.61. The number of carbonyl (C=O) groups excluding carboxylic acids is 16. The van der Waals surface area contributed by atoms with Crippen molar-refractivity contribution in [3.05, 3.63) is 126 Å². The van der Waals surface area contributed by atoms with E-state index in [-0.39, 0.29) is 76.0 Å². The van der Waals surface area contributed by atoms with E-state index >= 15 is 14.4 Å². The number of amides is 16. The Morgan fingerprint density at radius 3 is 1.62 bits per heavy atom. The maximum Gasteiger partial charge on any atom is 0.245 e. The number of imidazole rings is 1. The maximum absolute atomic E-state index is 15.7. The zero-order valence-electron chi connectivity index (χ0n) is 75.4. The number of nitrogens with two attached hydrogens (primary N) is 3. The molecule has 42 heteroatoms. The standard InChI is InChI=1S/C88H128N24O17S/c1-11-13-31-70(82(124)102-61(30-22-33-95-88(91)92)78(120)107-69(77(119)98-45-73(90)115)48-130-49-75(117)101-65(37-53-24-16-15-17-25-53)84(126)109(8)52(5)76(118)103-67(41-72(89)114)86(128)112-34-23-35-112)110(9)87(129)71(32-14-12-2)111(10)85(127)66(39-55-43-97-60-29-21-19-27-58(55)60)105-81(123)68(47-113)106-80(122)63(38-54-42-96-59-28-20-18-26-57(54)59)100-74(116)46-108(7)83(125)64(36-51(3)4)104-79(121)62(93-6)40-56-44-94-50-99-56/h15-21,24-29,42-44,50-52,61-71,93,96-97,113H,11-14,22-23,30-41,45-49H2,1-10H3,(H2,89,114)(H2,90,115)(H,94,99)(H,98,119)(H,100,116)(H,101,117)(H,102,124)(H,103,118)(H,104,121)(H,105,123)(H,106,122)(H,107,120)(H4,91,92,95)/t52-,61-,62-,63-,64-,65-,66-,67-,68-,69-,70-,71-/m0/s1. The van der Waals surface area contributed by atoms with E-state index in [2.05, 4.69) is 78.4 Å². The molecule has 1 fully saturated rings. The molecule has 3 aromatic carbocycles. The van der Waals surface area contributed by atoms with E-state index in [0.717, 1.165) is 32.9 Å². The average molecular weight is 1830 g/mol. The van der Waals surface area contributed by atoms with Crippen molar-refractivity contribution in [2.45, 2.75) is 203 Å². The molecule has 1 aliphatic heterocycles. The first-order chi connectivity index (χ1) is 62.0. The Bertz CT molecular complexity index is 4870. The third kappa shape index (κ3) is 31.5. The van der Waals surface area contributed by atoms with Gasteiger partial charge in [0.25, 0.3) is 0 Å². The van der Waals surface area contributed by atoms with Gasteiger partial charge in [-0.15, -0.1) is 11.8 Å². The third-order valence-corrected chi connectivity index (χ3v) is 23.5. The Kier molecular flexibility index (Phi) is 41.5. The maximum atomic E-state index is 15.7. The summed E-state index contributed by atoms with van der Waals surface area (Å²) in [5.41, 5.74) is 20.3. The van der Waals surface area contributed by atoms with Gasteiger partial charge in [0, 0.05) is 125 Å². The number of primary amides is 2. The number of nitrogens with zero attached hydrogens (tertiary/aromatic N) is 6. The topological polar surface area (TPSA) is 604 Å². The van der Waals surface area contributed by atoms with Gasteiger partial charge in [-0.25, -0.2) is 4.98 Å². The molecule has 0 bridgehead atoms. The molecular formula is C88H128N24O17S. The number of likely N-dealkylation sites (tertiary alicyclic amines) is 1. The van der Waals surface area contributed by atoms with E-state index in [1.807, 2.05) is 27.7 Å². The van der Waals surface area contributed by atoms with Crippen LogP contribution in [0.3, 0.4) is 0 Å². The Labute approximate surface area is 759 Å². The van der Waals surface area contributed by atoms with Crippen molar-refractivity contribution >= 4 is 134 Å². The summed E-state index contributed by atoms with van der Waals surface area (Å²) in [7, 11) is 7.03. The van der Waals surface area contributed by atoms with Gasteiger partial charge in [-0.1, -0.05) is 120 Å². The number of unbranched alkanes of at least 4 members (excludes halogenated alkanes) is 2. The molecule has 0 saturated carbocycles. The number of H-pyrrole nitrogens is 3. The lowest BCUT2D eigenvalue weighted by Gasteiger charge is -2.36. The second-order valence-electron chi connectivity index (χ2n) is 32.9. The second-order valence-corrected chi connectivity index (χ2v) is 34.0. The average Bonchev–Trinajstić information content (AvgIpc) is 1.70. The van der Waals surface area contributed by atoms with Crippen molar-refractivity contribution in [1.29, 1.82) is 5.41 Å². The minimum Gasteiger partial charge on any atom is -0.394 e. The number of aliphatic hydroxyl groups is 1. The number of benzene rings is 3. The van der Waals surface area contributed by atoms with Crippen LogP contribution in [0.4, 0.5) is 0 Å². The first-order valence-corrected chi connectivity index (χ1v) is 44.8. The first-order valence-electron chi connectivity index (χ1n) is 43.6. The van der Waals surface area contributed by atoms with Crippen LogP contribution in [0.1, 0.15) is 128 Å². The summed E-state index contributed by atoms with van der Waals surface area (Å²) >= 11 is 0.827. The summed E-state index contributed by atoms with van der Waals surface area (Å²) in [6.45, 7) is 7.38. The Balaban J connectivity index is 1.10. The SMILES string of the molecule is CCCC[C@@H](C(=O)N(C)[C@@H](CCCC)C(=O)N[C@@H](CCCNC(=N)N)C(=O)N[C@@H](CSCC(=O)N[C@@H](Cc1ccccc1)C(=O)N(C)[C@@H](C)C(=O)N[C@@H](CC(N)=O)C(=O)N1CCC1)C(=O)NCC(N)=O)N(C)C(=O)[C@H](Cc1c[nH]c2ccccc12)NC(=O)[C@H](CO)NC(=O)[C@H](Cc1c[nH]c2ccccc12)NC(=O)CN(C)C(=O)[C@H](CC(C)C)NC(=O)[C@H](Cc1cnc[nH]1)NC. The molecule has 7 rings (SSSR count). The molecule has 0 radical (unpaired) electrons. The lowest BCUT2D eigenvalue weighted by atomic mass is 10.00. The number of rotatable bonds is 55. The summed E-state index contributed by atoms with van der Waals surface area (Å²) in [4.78, 5) is 246. The molecule has 1 aliphatic rings. The number of hydrogen-bond donors (Lipinski definition) is 19. The largest absolute Gasteiger partial charge is 0.394 e. The molecule has 130 heavy (non-hydrogen) atoms. The molecule has 1 saturated heterocycles. The molecule has 3 aromatic heterocycles. The highest BCUT2D eigenvalue weighted by atomic mass is 32.2. The van der Waals surface area contributed by atoms with Gasteiger partial charge in [-0.2, -0.15) is 0 Å². The van der Waals surface area contributed by atoms with Crippen LogP contribution in [0.15, 0.2) is 104 Å². The van der Waals surface area contributed by atoms with Gasteiger partial charge in [0.2, 0.25) is 94.5 Å². The van der Waals surface area contributed by atoms with Gasteiger partial charge in [-0.3, -0.25) is 82.1 Å². The zero-order chi connectivity index (χ0) is 95.4. The van der Waals surface area contributed by atoms with Gasteiger partial charge in [0.1, 0.15) is 66.5 Å². The molecule has 0 aliphatic carbocycles. The van der Waals surface area contributed by atoms with E-state index in [9.17, 15) is 67.4 Å². The van der Waals surface area contributed by atoms with Crippen LogP contribution in [-0.2, 0) is 102 Å². The Morgan fingerprint density at radius 2 is 1.05 bits per heavy atom. The fourth-order valence-electron chi connectivity index (χ4n) is 14.9. The number of carbonyl (C=O) groups is 16. The van der Waals surface area contributed by atoms with Crippen LogP contribution < -0.4 is 75.7 Å². The van der Waals surface area contributed by atoms with Crippen molar-refractivity contribution in [3.8, 4) is 0 Å². The number of guanidine groups is 1. The quantitative estimate of drug-likeness (QED) is 0.0114. The Morgan fingerprint density at radius 1 is 0.523 bits per heavy atom. The molecule has 12 atom stereocenters. The summed E-state index contributed by atoms with van der Waals surface area (Å²) in [5, 5.41) is 49.8. The lowest BCUT2D eigenvalue weighted by molar-refractivity contribution is -0.149. The molecule has 16 amide bonds. The van der Waals surface area contributed by atoms with Crippen molar-refractivity contribution in [3.63, 3.8) is 0 Å². The molecule has 0 unspecified atom stereocenters. The zero-order valence-corrected chi connectivity index (χ0v) is 76.2. The number of aromatic amines is 3. The monoisotopic (exact) mass is 1820 g/mol. The fraction of sp³-hybridized carbons (Fsp3) is 0.523. The van der Waals surface area contributed by atoms with Crippen LogP contribution in [-0.4, -0.2) is 309 Å². The van der Waals surface area contributed by atoms with Crippen LogP contribution in [0.2, 0.25) is 0 Å². The highest BCUT2D eigenvalue weighted by Gasteiger charge is 2.42. The number of thioether (sulfide) groups is 1. The van der Waals surface area contributed by atoms with Gasteiger partial charge >= 0.3 is 0 Å². The molecule has 0 spiro atoms. The van der Waals surface area contributed by atoms with Gasteiger partial charge in [0.05, 0.1) is 44.2 Å². The number of para-hydroxylation sites is 2. The third-order valence-electron chi connectivity index (χ3n) is 22.5. The van der Waals surface area contributed by atoms with Crippen molar-refractivity contribution in [1.82, 2.24) is 103 Å². The van der Waals surface area contributed by atoms with E-state index in [1.54, 1.807) is 105 Å². The number of aliphatic hydroxyl groups excluding tert-OH is 1. The summed E-state index contributed by atoms with van der Waals surface area (Å²) in [6.07, 6.45) is 8.16. The normalized spacial score (nSPS) is 14.5. The second kappa shape index (κ2) is 51.9. The molecule has 708 valence electrons. The number of aromatic nitrogens is 4. The van der Waals surface area contributed by atoms with E-state index in [1.165, 1.54) is 51.2 Å². The Hall–Kier alpha value is -13.0. The number of fused-ring (bicyclic) bond motifs is 2. The number of hydrogen-bond acceptors (Lipinski definition) is 21. The highest BCUT2D eigenvalue weighted by molar-refractivity contribution is 8.00. The number of likely N-dealkylation sites (N-methyl/N-ethyl adjacent to an activating group) is 5. The van der Waals surface area contributed by atoms with E-state index < -0.39 is 205 Å². The van der Waals surface area contributed by atoms with Crippen LogP contribution >= 0.6 is 11.8 Å². The van der Waals surface area contributed by atoms with Gasteiger partial charge < -0.3 is 120 Å². The van der Waals surface area contributed by atoms with Gasteiger partial charge in [0.15, 0.2) is 5.96 Å². The minimum absolute atomic E-state index is 0.00497. The molecule has 4 heterocycles. The van der Waals surface area contributed by atoms with Crippen LogP contribution in [0.5, 0.6) is 0 Å². The fourth-order valence-corrected chi connectivity index (χ4v) is 15.8. The predicted molar refractivity (Wildman–Crippen MR) is 487 cm³/mol. The van der Waals surface area contributed by atoms with Crippen LogP contribution in [0, 0.1) is 11.3 Å². The summed E-state index contributed by atoms with van der Waals surface area (Å²) < 4.78 is 0. The highest BCUT2D eigenvalue weighted by Crippen LogP contribution is 2.25. The predicted octanol–water partition coefficient (Wildman–Crippen LogP) is -1.81. The van der Waals surface area contributed by atoms with Crippen molar-refractivity contribution in [2.75, 3.05) is 86.1 Å². The smallest absolute Gasteiger partial charge is 0.245 e. The first kappa shape index (κ1) is 104. The minimum atomic E-state index is -1.80. The molecular weight excluding hydrogens is 1700 g/mol. The number of nitrogens with one attached hydrogen (secondary N) is 15. The summed E-state index contributed by atoms with van der Waals surface area (Å²) in [5.74, 6) is -14.1.